The van der Waals surface area contributed by atoms with Crippen LogP contribution >= 0.6 is 0 Å². The maximum Gasteiger partial charge on any atom is 0.421 e. The molecule has 3 nitrogen and oxygen atoms in total. The zero-order valence-electron chi connectivity index (χ0n) is 10.7. The molecule has 6 heteroatoms. The summed E-state index contributed by atoms with van der Waals surface area (Å²) >= 11 is 0. The van der Waals surface area contributed by atoms with Crippen molar-refractivity contribution in [3.05, 3.63) is 60.6 Å². The van der Waals surface area contributed by atoms with Crippen LogP contribution in [0.1, 0.15) is 5.56 Å². The Hall–Kier alpha value is -2.63. The molecular weight excluding hydrogens is 279 g/mol. The van der Waals surface area contributed by atoms with Gasteiger partial charge in [-0.15, -0.1) is 0 Å². The fourth-order valence-electron chi connectivity index (χ4n) is 2.10. The number of nitrogens with zero attached hydrogens (tertiary/aromatic N) is 2. The zero-order valence-corrected chi connectivity index (χ0v) is 10.7. The highest BCUT2D eigenvalue weighted by Crippen LogP contribution is 2.35. The third-order valence-electron chi connectivity index (χ3n) is 3.06. The summed E-state index contributed by atoms with van der Waals surface area (Å²) in [6.07, 6.45) is -2.66. The van der Waals surface area contributed by atoms with Crippen molar-refractivity contribution in [1.29, 1.82) is 0 Å². The molecule has 0 aliphatic rings. The van der Waals surface area contributed by atoms with Gasteiger partial charge in [-0.05, 0) is 11.5 Å². The number of rotatable bonds is 2. The first-order valence-electron chi connectivity index (χ1n) is 6.18. The third-order valence-corrected chi connectivity index (χ3v) is 3.06. The molecule has 0 aliphatic heterocycles. The minimum Gasteiger partial charge on any atom is -0.339 e. The molecule has 0 spiro atoms. The standard InChI is InChI=1S/C15H10F3N3/c16-15(17,18)12-8-19-9-20-14(12)21-13-7-3-5-10-4-1-2-6-11(10)13/h1-9H,(H,19,20,21). The predicted octanol–water partition coefficient (Wildman–Crippen LogP) is 4.39. The summed E-state index contributed by atoms with van der Waals surface area (Å²) in [4.78, 5) is 7.15. The fraction of sp³-hybridized carbons (Fsp3) is 0.0667. The number of halogens is 3. The molecule has 0 radical (unpaired) electrons. The molecule has 0 fully saturated rings. The number of nitrogens with one attached hydrogen (secondary N) is 1. The first kappa shape index (κ1) is 13.4. The molecule has 3 aromatic rings. The van der Waals surface area contributed by atoms with Crippen LogP contribution in [0.2, 0.25) is 0 Å². The number of alkyl halides is 3. The first-order chi connectivity index (χ1) is 10.1. The van der Waals surface area contributed by atoms with Crippen molar-refractivity contribution in [1.82, 2.24) is 9.97 Å². The summed E-state index contributed by atoms with van der Waals surface area (Å²) in [6, 6.07) is 12.8. The van der Waals surface area contributed by atoms with Gasteiger partial charge in [0.1, 0.15) is 17.7 Å². The number of fused-ring (bicyclic) bond motifs is 1. The molecule has 1 heterocycles. The van der Waals surface area contributed by atoms with E-state index in [0.717, 1.165) is 23.3 Å². The molecule has 106 valence electrons. The maximum atomic E-state index is 12.9. The summed E-state index contributed by atoms with van der Waals surface area (Å²) in [7, 11) is 0. The van der Waals surface area contributed by atoms with Crippen molar-refractivity contribution in [2.75, 3.05) is 5.32 Å². The predicted molar refractivity (Wildman–Crippen MR) is 74.3 cm³/mol. The van der Waals surface area contributed by atoms with Crippen LogP contribution in [0.25, 0.3) is 10.8 Å². The van der Waals surface area contributed by atoms with Gasteiger partial charge in [0.25, 0.3) is 0 Å². The van der Waals surface area contributed by atoms with Gasteiger partial charge in [-0.3, -0.25) is 0 Å². The molecule has 0 saturated carbocycles. The maximum absolute atomic E-state index is 12.9. The average molecular weight is 289 g/mol. The topological polar surface area (TPSA) is 37.8 Å². The molecule has 0 amide bonds. The lowest BCUT2D eigenvalue weighted by Gasteiger charge is -2.14. The van der Waals surface area contributed by atoms with Crippen LogP contribution in [0.3, 0.4) is 0 Å². The van der Waals surface area contributed by atoms with E-state index in [1.165, 1.54) is 0 Å². The summed E-state index contributed by atoms with van der Waals surface area (Å²) in [5.74, 6) is -0.256. The van der Waals surface area contributed by atoms with Crippen molar-refractivity contribution in [2.45, 2.75) is 6.18 Å². The number of aromatic nitrogens is 2. The van der Waals surface area contributed by atoms with Crippen molar-refractivity contribution < 1.29 is 13.2 Å². The highest BCUT2D eigenvalue weighted by molar-refractivity contribution is 5.95. The van der Waals surface area contributed by atoms with Gasteiger partial charge in [-0.2, -0.15) is 13.2 Å². The molecule has 3 rings (SSSR count). The number of hydrogen-bond donors (Lipinski definition) is 1. The van der Waals surface area contributed by atoms with Crippen LogP contribution in [-0.2, 0) is 6.18 Å². The van der Waals surface area contributed by atoms with Gasteiger partial charge in [-0.1, -0.05) is 36.4 Å². The van der Waals surface area contributed by atoms with E-state index in [0.29, 0.717) is 5.69 Å². The van der Waals surface area contributed by atoms with Gasteiger partial charge in [0.15, 0.2) is 0 Å². The largest absolute Gasteiger partial charge is 0.421 e. The highest BCUT2D eigenvalue weighted by atomic mass is 19.4. The molecule has 1 aromatic heterocycles. The number of hydrogen-bond acceptors (Lipinski definition) is 3. The second-order valence-corrected chi connectivity index (χ2v) is 4.43. The molecule has 1 N–H and O–H groups in total. The first-order valence-corrected chi connectivity index (χ1v) is 6.18. The minimum atomic E-state index is -4.51. The van der Waals surface area contributed by atoms with Crippen molar-refractivity contribution >= 4 is 22.3 Å². The SMILES string of the molecule is FC(F)(F)c1cncnc1Nc1cccc2ccccc12. The molecule has 2 aromatic carbocycles. The van der Waals surface area contributed by atoms with Gasteiger partial charge in [-0.25, -0.2) is 9.97 Å². The van der Waals surface area contributed by atoms with E-state index in [2.05, 4.69) is 15.3 Å². The summed E-state index contributed by atoms with van der Waals surface area (Å²) < 4.78 is 38.8. The van der Waals surface area contributed by atoms with Crippen molar-refractivity contribution in [3.8, 4) is 0 Å². The van der Waals surface area contributed by atoms with Crippen molar-refractivity contribution in [3.63, 3.8) is 0 Å². The monoisotopic (exact) mass is 289 g/mol. The molecule has 0 bridgehead atoms. The van der Waals surface area contributed by atoms with Crippen molar-refractivity contribution in [2.24, 2.45) is 0 Å². The van der Waals surface area contributed by atoms with E-state index in [4.69, 9.17) is 0 Å². The summed E-state index contributed by atoms with van der Waals surface area (Å²) in [6.45, 7) is 0. The second-order valence-electron chi connectivity index (χ2n) is 4.43. The zero-order chi connectivity index (χ0) is 14.9. The quantitative estimate of drug-likeness (QED) is 0.760. The Morgan fingerprint density at radius 2 is 1.71 bits per heavy atom. The molecular formula is C15H10F3N3. The van der Waals surface area contributed by atoms with E-state index in [1.54, 1.807) is 12.1 Å². The molecule has 21 heavy (non-hydrogen) atoms. The minimum absolute atomic E-state index is 0.256. The van der Waals surface area contributed by atoms with Gasteiger partial charge in [0.2, 0.25) is 0 Å². The van der Waals surface area contributed by atoms with Crippen LogP contribution in [0.4, 0.5) is 24.7 Å². The van der Waals surface area contributed by atoms with E-state index in [-0.39, 0.29) is 5.82 Å². The lowest BCUT2D eigenvalue weighted by Crippen LogP contribution is -2.10. The summed E-state index contributed by atoms with van der Waals surface area (Å²) in [5, 5.41) is 4.51. The Bertz CT molecular complexity index is 779. The fourth-order valence-corrected chi connectivity index (χ4v) is 2.10. The van der Waals surface area contributed by atoms with E-state index >= 15 is 0 Å². The molecule has 0 aliphatic carbocycles. The number of benzene rings is 2. The summed E-state index contributed by atoms with van der Waals surface area (Å²) in [5.41, 5.74) is -0.324. The van der Waals surface area contributed by atoms with Gasteiger partial charge in [0.05, 0.1) is 0 Å². The average Bonchev–Trinajstić information content (AvgIpc) is 2.47. The smallest absolute Gasteiger partial charge is 0.339 e. The van der Waals surface area contributed by atoms with Crippen LogP contribution in [-0.4, -0.2) is 9.97 Å². The van der Waals surface area contributed by atoms with Gasteiger partial charge in [0, 0.05) is 17.3 Å². The lowest BCUT2D eigenvalue weighted by atomic mass is 10.1. The Labute approximate surface area is 118 Å². The van der Waals surface area contributed by atoms with E-state index in [1.807, 2.05) is 30.3 Å². The normalized spacial score (nSPS) is 11.6. The van der Waals surface area contributed by atoms with E-state index in [9.17, 15) is 13.2 Å². The Balaban J connectivity index is 2.08. The third kappa shape index (κ3) is 2.65. The van der Waals surface area contributed by atoms with Gasteiger partial charge < -0.3 is 5.32 Å². The van der Waals surface area contributed by atoms with Crippen LogP contribution < -0.4 is 5.32 Å². The van der Waals surface area contributed by atoms with Gasteiger partial charge >= 0.3 is 6.18 Å². The molecule has 0 saturated heterocycles. The van der Waals surface area contributed by atoms with Crippen LogP contribution in [0.15, 0.2) is 55.0 Å². The van der Waals surface area contributed by atoms with Crippen LogP contribution in [0.5, 0.6) is 0 Å². The number of anilines is 2. The van der Waals surface area contributed by atoms with E-state index < -0.39 is 11.7 Å². The Kier molecular flexibility index (Phi) is 3.21. The molecule has 0 atom stereocenters. The second kappa shape index (κ2) is 5.05. The molecule has 0 unspecified atom stereocenters. The van der Waals surface area contributed by atoms with Crippen LogP contribution in [0, 0.1) is 0 Å². The Morgan fingerprint density at radius 1 is 0.952 bits per heavy atom. The highest BCUT2D eigenvalue weighted by Gasteiger charge is 2.34. The Morgan fingerprint density at radius 3 is 2.52 bits per heavy atom. The lowest BCUT2D eigenvalue weighted by molar-refractivity contribution is -0.137.